The van der Waals surface area contributed by atoms with Gasteiger partial charge in [-0.1, -0.05) is 12.1 Å². The van der Waals surface area contributed by atoms with Crippen LogP contribution in [0.3, 0.4) is 0 Å². The molecule has 0 aliphatic carbocycles. The van der Waals surface area contributed by atoms with Crippen LogP contribution in [0.5, 0.6) is 0 Å². The first kappa shape index (κ1) is 24.7. The standard InChI is InChI=1S/C24H29N3O3.ClH/c1-30-24(12-14-26-15-13-24)21(9-6-18-2-4-19(16-25)5-3-18)17-27-22-10-7-20(8-11-22)23(28)29;/h2-5,7-8,10-11,21,26-27H,6,9,12-15,17H2,1H3,(H,28,29);1H. The molecule has 3 N–H and O–H groups in total. The Bertz CT molecular complexity index is 872. The Morgan fingerprint density at radius 1 is 1.19 bits per heavy atom. The second kappa shape index (κ2) is 11.7. The van der Waals surface area contributed by atoms with E-state index >= 15 is 0 Å². The van der Waals surface area contributed by atoms with E-state index < -0.39 is 5.97 Å². The Labute approximate surface area is 190 Å². The molecular formula is C24H30ClN3O3. The molecule has 1 aliphatic rings. The van der Waals surface area contributed by atoms with Crippen LogP contribution in [0.15, 0.2) is 48.5 Å². The second-order valence-corrected chi connectivity index (χ2v) is 7.83. The van der Waals surface area contributed by atoms with Crippen molar-refractivity contribution in [3.05, 3.63) is 65.2 Å². The van der Waals surface area contributed by atoms with Crippen molar-refractivity contribution in [2.45, 2.75) is 31.3 Å². The molecule has 0 bridgehead atoms. The zero-order chi connectivity index (χ0) is 21.4. The van der Waals surface area contributed by atoms with Crippen LogP contribution in [-0.4, -0.2) is 43.4 Å². The van der Waals surface area contributed by atoms with Crippen LogP contribution in [0, 0.1) is 17.2 Å². The third kappa shape index (κ3) is 6.44. The Balaban J connectivity index is 0.00000341. The molecule has 0 spiro atoms. The number of carboxylic acid groups (broad SMARTS) is 1. The van der Waals surface area contributed by atoms with Gasteiger partial charge in [-0.3, -0.25) is 0 Å². The van der Waals surface area contributed by atoms with Crippen molar-refractivity contribution in [3.63, 3.8) is 0 Å². The number of benzene rings is 2. The molecule has 0 saturated carbocycles. The first-order valence-electron chi connectivity index (χ1n) is 10.4. The molecule has 0 amide bonds. The zero-order valence-electron chi connectivity index (χ0n) is 17.8. The van der Waals surface area contributed by atoms with Crippen molar-refractivity contribution in [3.8, 4) is 6.07 Å². The van der Waals surface area contributed by atoms with Crippen LogP contribution in [0.4, 0.5) is 5.69 Å². The lowest BCUT2D eigenvalue weighted by molar-refractivity contribution is -0.0778. The number of piperidine rings is 1. The molecule has 0 radical (unpaired) electrons. The maximum Gasteiger partial charge on any atom is 0.335 e. The van der Waals surface area contributed by atoms with Crippen molar-refractivity contribution in [1.82, 2.24) is 5.32 Å². The van der Waals surface area contributed by atoms with Crippen molar-refractivity contribution in [2.75, 3.05) is 32.1 Å². The van der Waals surface area contributed by atoms with Crippen LogP contribution in [0.2, 0.25) is 0 Å². The summed E-state index contributed by atoms with van der Waals surface area (Å²) in [6.07, 6.45) is 3.79. The van der Waals surface area contributed by atoms with Crippen molar-refractivity contribution >= 4 is 24.1 Å². The van der Waals surface area contributed by atoms with E-state index in [2.05, 4.69) is 16.7 Å². The summed E-state index contributed by atoms with van der Waals surface area (Å²) in [5.74, 6) is -0.630. The van der Waals surface area contributed by atoms with Crippen LogP contribution >= 0.6 is 12.4 Å². The number of carbonyl (C=O) groups is 1. The maximum atomic E-state index is 11.1. The minimum Gasteiger partial charge on any atom is -0.478 e. The van der Waals surface area contributed by atoms with Crippen molar-refractivity contribution < 1.29 is 14.6 Å². The molecule has 31 heavy (non-hydrogen) atoms. The van der Waals surface area contributed by atoms with Crippen molar-refractivity contribution in [2.24, 2.45) is 5.92 Å². The summed E-state index contributed by atoms with van der Waals surface area (Å²) in [6.45, 7) is 2.62. The Morgan fingerprint density at radius 3 is 2.39 bits per heavy atom. The summed E-state index contributed by atoms with van der Waals surface area (Å²) in [7, 11) is 1.81. The van der Waals surface area contributed by atoms with E-state index in [-0.39, 0.29) is 23.6 Å². The summed E-state index contributed by atoms with van der Waals surface area (Å²) in [6, 6.07) is 16.8. The van der Waals surface area contributed by atoms with Crippen LogP contribution in [-0.2, 0) is 11.2 Å². The highest BCUT2D eigenvalue weighted by Crippen LogP contribution is 2.34. The second-order valence-electron chi connectivity index (χ2n) is 7.83. The van der Waals surface area contributed by atoms with E-state index in [0.717, 1.165) is 51.0 Å². The van der Waals surface area contributed by atoms with E-state index in [0.29, 0.717) is 11.5 Å². The van der Waals surface area contributed by atoms with Gasteiger partial charge in [0.2, 0.25) is 0 Å². The molecule has 1 fully saturated rings. The van der Waals surface area contributed by atoms with Crippen LogP contribution < -0.4 is 10.6 Å². The topological polar surface area (TPSA) is 94.4 Å². The van der Waals surface area contributed by atoms with Crippen LogP contribution in [0.25, 0.3) is 0 Å². The van der Waals surface area contributed by atoms with Gasteiger partial charge in [-0.15, -0.1) is 12.4 Å². The highest BCUT2D eigenvalue weighted by molar-refractivity contribution is 5.88. The van der Waals surface area contributed by atoms with Crippen molar-refractivity contribution in [1.29, 1.82) is 5.26 Å². The number of halogens is 1. The van der Waals surface area contributed by atoms with Crippen LogP contribution in [0.1, 0.15) is 40.7 Å². The largest absolute Gasteiger partial charge is 0.478 e. The summed E-state index contributed by atoms with van der Waals surface area (Å²) >= 11 is 0. The molecule has 2 aromatic carbocycles. The average molecular weight is 444 g/mol. The molecular weight excluding hydrogens is 414 g/mol. The fraction of sp³-hybridized carbons (Fsp3) is 0.417. The van der Waals surface area contributed by atoms with Gasteiger partial charge in [0.05, 0.1) is 22.8 Å². The minimum absolute atomic E-state index is 0. The number of nitriles is 1. The number of carboxylic acids is 1. The maximum absolute atomic E-state index is 11.1. The number of hydrogen-bond donors (Lipinski definition) is 3. The number of hydrogen-bond acceptors (Lipinski definition) is 5. The van der Waals surface area contributed by atoms with Gasteiger partial charge in [-0.25, -0.2) is 4.79 Å². The molecule has 1 atom stereocenters. The molecule has 6 nitrogen and oxygen atoms in total. The summed E-state index contributed by atoms with van der Waals surface area (Å²) in [4.78, 5) is 11.1. The lowest BCUT2D eigenvalue weighted by Gasteiger charge is -2.43. The lowest BCUT2D eigenvalue weighted by Crippen LogP contribution is -2.50. The van der Waals surface area contributed by atoms with Gasteiger partial charge in [0, 0.05) is 25.3 Å². The molecule has 1 saturated heterocycles. The SMILES string of the molecule is COC1(C(CCc2ccc(C#N)cc2)CNc2ccc(C(=O)O)cc2)CCNCC1.Cl. The molecule has 7 heteroatoms. The lowest BCUT2D eigenvalue weighted by atomic mass is 9.76. The number of aromatic carboxylic acids is 1. The zero-order valence-corrected chi connectivity index (χ0v) is 18.6. The fourth-order valence-corrected chi connectivity index (χ4v) is 4.24. The normalized spacial score (nSPS) is 15.9. The number of nitrogens with zero attached hydrogens (tertiary/aromatic N) is 1. The van der Waals surface area contributed by atoms with Gasteiger partial charge in [0.15, 0.2) is 0 Å². The predicted octanol–water partition coefficient (Wildman–Crippen LogP) is 4.11. The van der Waals surface area contributed by atoms with Gasteiger partial charge in [-0.2, -0.15) is 5.26 Å². The number of nitrogens with one attached hydrogen (secondary N) is 2. The molecule has 0 aromatic heterocycles. The number of aryl methyl sites for hydroxylation is 1. The first-order valence-corrected chi connectivity index (χ1v) is 10.4. The Hall–Kier alpha value is -2.59. The van der Waals surface area contributed by atoms with Gasteiger partial charge in [0.25, 0.3) is 0 Å². The average Bonchev–Trinajstić information content (AvgIpc) is 2.80. The number of methoxy groups -OCH3 is 1. The smallest absolute Gasteiger partial charge is 0.335 e. The highest BCUT2D eigenvalue weighted by Gasteiger charge is 2.39. The highest BCUT2D eigenvalue weighted by atomic mass is 35.5. The Morgan fingerprint density at radius 2 is 1.84 bits per heavy atom. The Kier molecular flexibility index (Phi) is 9.32. The predicted molar refractivity (Wildman–Crippen MR) is 124 cm³/mol. The summed E-state index contributed by atoms with van der Waals surface area (Å²) < 4.78 is 6.10. The number of rotatable bonds is 9. The van der Waals surface area contributed by atoms with Gasteiger partial charge in [-0.05, 0) is 80.7 Å². The quantitative estimate of drug-likeness (QED) is 0.540. The molecule has 2 aromatic rings. The van der Waals surface area contributed by atoms with Gasteiger partial charge < -0.3 is 20.5 Å². The van der Waals surface area contributed by atoms with E-state index in [1.165, 1.54) is 5.56 Å². The third-order valence-corrected chi connectivity index (χ3v) is 6.15. The van der Waals surface area contributed by atoms with Gasteiger partial charge in [0.1, 0.15) is 0 Å². The number of anilines is 1. The van der Waals surface area contributed by atoms with E-state index in [9.17, 15) is 4.79 Å². The molecule has 1 unspecified atom stereocenters. The molecule has 1 aliphatic heterocycles. The van der Waals surface area contributed by atoms with E-state index in [1.807, 2.05) is 43.5 Å². The van der Waals surface area contributed by atoms with Gasteiger partial charge >= 0.3 is 5.97 Å². The number of ether oxygens (including phenoxy) is 1. The molecule has 166 valence electrons. The monoisotopic (exact) mass is 443 g/mol. The first-order chi connectivity index (χ1) is 14.6. The van der Waals surface area contributed by atoms with E-state index in [1.54, 1.807) is 12.1 Å². The third-order valence-electron chi connectivity index (χ3n) is 6.15. The molecule has 1 heterocycles. The molecule has 3 rings (SSSR count). The fourth-order valence-electron chi connectivity index (χ4n) is 4.24. The van der Waals surface area contributed by atoms with E-state index in [4.69, 9.17) is 15.1 Å². The summed E-state index contributed by atoms with van der Waals surface area (Å²) in [5, 5.41) is 25.0. The summed E-state index contributed by atoms with van der Waals surface area (Å²) in [5.41, 5.74) is 2.89. The minimum atomic E-state index is -0.921.